The van der Waals surface area contributed by atoms with Crippen molar-refractivity contribution in [2.75, 3.05) is 0 Å². The normalized spacial score (nSPS) is 31.1. The van der Waals surface area contributed by atoms with Crippen molar-refractivity contribution in [2.24, 2.45) is 0 Å². The van der Waals surface area contributed by atoms with E-state index >= 15 is 0 Å². The van der Waals surface area contributed by atoms with Gasteiger partial charge < -0.3 is 9.47 Å². The standard InChI is InChI=1S/C32H20O6/c1-30-12-16(28(35)38-29(30)36)13-4-7-20-25-21(11-10-17(30)23(13)25)32(3)19-9-6-15-22-14(26(33)37-27(15)34)5-8-18(24(19)22)31(20,32)2/h4-11,16H,12H2,1-3H3. The van der Waals surface area contributed by atoms with Gasteiger partial charge in [0.25, 0.3) is 0 Å². The maximum absolute atomic E-state index is 13.0. The highest BCUT2D eigenvalue weighted by Gasteiger charge is 2.62. The fourth-order valence-corrected chi connectivity index (χ4v) is 8.64. The summed E-state index contributed by atoms with van der Waals surface area (Å²) in [5.41, 5.74) is 5.12. The van der Waals surface area contributed by atoms with Gasteiger partial charge in [-0.15, -0.1) is 0 Å². The fraction of sp³-hybridized carbons (Fsp3) is 0.250. The number of rotatable bonds is 0. The zero-order valence-electron chi connectivity index (χ0n) is 20.9. The molecule has 4 atom stereocenters. The number of hydrogen-bond acceptors (Lipinski definition) is 6. The van der Waals surface area contributed by atoms with E-state index in [-0.39, 0.29) is 0 Å². The molecule has 0 radical (unpaired) electrons. The maximum atomic E-state index is 13.0. The second-order valence-electron chi connectivity index (χ2n) is 11.9. The monoisotopic (exact) mass is 500 g/mol. The minimum atomic E-state index is -0.887. The molecule has 4 unspecified atom stereocenters. The van der Waals surface area contributed by atoms with E-state index < -0.39 is 46.0 Å². The van der Waals surface area contributed by atoms with Gasteiger partial charge >= 0.3 is 23.9 Å². The summed E-state index contributed by atoms with van der Waals surface area (Å²) in [7, 11) is 0. The molecule has 2 aliphatic heterocycles. The molecule has 0 amide bonds. The maximum Gasteiger partial charge on any atom is 0.346 e. The molecule has 4 aromatic carbocycles. The zero-order chi connectivity index (χ0) is 26.1. The van der Waals surface area contributed by atoms with Crippen LogP contribution in [0.15, 0.2) is 48.5 Å². The SMILES string of the molecule is CC12CC(C(=O)OC1=O)c1ccc3c4c(ccc2c14)C1(C)c2ccc4c5c(ccc(c25)C31C)C(=O)OC4=O. The zero-order valence-corrected chi connectivity index (χ0v) is 20.9. The molecule has 5 aliphatic rings. The highest BCUT2D eigenvalue weighted by Crippen LogP contribution is 2.68. The van der Waals surface area contributed by atoms with Crippen LogP contribution in [0.1, 0.15) is 87.2 Å². The third kappa shape index (κ3) is 1.77. The van der Waals surface area contributed by atoms with Gasteiger partial charge in [-0.1, -0.05) is 50.2 Å². The molecule has 2 bridgehead atoms. The molecule has 6 nitrogen and oxygen atoms in total. The third-order valence-electron chi connectivity index (χ3n) is 10.6. The van der Waals surface area contributed by atoms with E-state index in [1.165, 1.54) is 0 Å². The molecule has 9 rings (SSSR count). The van der Waals surface area contributed by atoms with Crippen LogP contribution in [0.2, 0.25) is 0 Å². The summed E-state index contributed by atoms with van der Waals surface area (Å²) in [6.45, 7) is 6.35. The lowest BCUT2D eigenvalue weighted by Crippen LogP contribution is -2.46. The number of cyclic esters (lactones) is 4. The second-order valence-corrected chi connectivity index (χ2v) is 11.9. The van der Waals surface area contributed by atoms with E-state index in [1.54, 1.807) is 12.1 Å². The lowest BCUT2D eigenvalue weighted by atomic mass is 9.62. The molecule has 0 N–H and O–H groups in total. The minimum absolute atomic E-state index is 0.413. The Bertz CT molecular complexity index is 1910. The predicted molar refractivity (Wildman–Crippen MR) is 136 cm³/mol. The van der Waals surface area contributed by atoms with E-state index in [4.69, 9.17) is 9.47 Å². The van der Waals surface area contributed by atoms with Crippen LogP contribution in [0.25, 0.3) is 21.5 Å². The van der Waals surface area contributed by atoms with Gasteiger partial charge in [-0.2, -0.15) is 0 Å². The average molecular weight is 501 g/mol. The van der Waals surface area contributed by atoms with Gasteiger partial charge in [-0.05, 0) is 75.0 Å². The van der Waals surface area contributed by atoms with E-state index in [0.717, 1.165) is 49.5 Å². The minimum Gasteiger partial charge on any atom is -0.392 e. The molecule has 3 aliphatic carbocycles. The average Bonchev–Trinajstić information content (AvgIpc) is 3.23. The summed E-state index contributed by atoms with van der Waals surface area (Å²) in [6, 6.07) is 15.9. The lowest BCUT2D eigenvalue weighted by Gasteiger charge is -2.41. The third-order valence-corrected chi connectivity index (χ3v) is 10.6. The molecule has 1 fully saturated rings. The van der Waals surface area contributed by atoms with Gasteiger partial charge in [0, 0.05) is 16.2 Å². The van der Waals surface area contributed by atoms with Gasteiger partial charge in [0.05, 0.1) is 22.5 Å². The Hall–Kier alpha value is -4.32. The van der Waals surface area contributed by atoms with Gasteiger partial charge in [0.1, 0.15) is 0 Å². The first-order valence-corrected chi connectivity index (χ1v) is 12.9. The Morgan fingerprint density at radius 2 is 1.11 bits per heavy atom. The molecule has 4 aromatic rings. The highest BCUT2D eigenvalue weighted by molar-refractivity contribution is 6.23. The molecule has 6 heteroatoms. The first-order chi connectivity index (χ1) is 18.1. The van der Waals surface area contributed by atoms with Crippen molar-refractivity contribution in [3.63, 3.8) is 0 Å². The highest BCUT2D eigenvalue weighted by atomic mass is 16.6. The fourth-order valence-electron chi connectivity index (χ4n) is 8.64. The number of fused-ring (bicyclic) bond motifs is 9. The summed E-state index contributed by atoms with van der Waals surface area (Å²) in [4.78, 5) is 51.2. The predicted octanol–water partition coefficient (Wildman–Crippen LogP) is 5.07. The number of carbonyl (C=O) groups excluding carboxylic acids is 4. The van der Waals surface area contributed by atoms with Crippen molar-refractivity contribution in [1.29, 1.82) is 0 Å². The molecule has 0 saturated carbocycles. The molecule has 2 heterocycles. The Morgan fingerprint density at radius 3 is 1.71 bits per heavy atom. The van der Waals surface area contributed by atoms with Crippen LogP contribution < -0.4 is 0 Å². The van der Waals surface area contributed by atoms with Crippen molar-refractivity contribution >= 4 is 45.4 Å². The Morgan fingerprint density at radius 1 is 0.605 bits per heavy atom. The summed E-state index contributed by atoms with van der Waals surface area (Å²) in [5, 5.41) is 3.70. The van der Waals surface area contributed by atoms with Gasteiger partial charge in [-0.3, -0.25) is 9.59 Å². The van der Waals surface area contributed by atoms with Crippen LogP contribution in [-0.2, 0) is 35.3 Å². The summed E-state index contributed by atoms with van der Waals surface area (Å²) < 4.78 is 10.2. The van der Waals surface area contributed by atoms with Crippen LogP contribution >= 0.6 is 0 Å². The van der Waals surface area contributed by atoms with Crippen LogP contribution in [0, 0.1) is 0 Å². The second kappa shape index (κ2) is 5.73. The smallest absolute Gasteiger partial charge is 0.346 e. The Kier molecular flexibility index (Phi) is 3.12. The molecule has 0 spiro atoms. The van der Waals surface area contributed by atoms with Gasteiger partial charge in [-0.25, -0.2) is 9.59 Å². The van der Waals surface area contributed by atoms with E-state index in [0.29, 0.717) is 22.9 Å². The summed E-state index contributed by atoms with van der Waals surface area (Å²) in [6.07, 6.45) is 0.415. The van der Waals surface area contributed by atoms with Crippen LogP contribution in [0.5, 0.6) is 0 Å². The summed E-state index contributed by atoms with van der Waals surface area (Å²) >= 11 is 0. The lowest BCUT2D eigenvalue weighted by molar-refractivity contribution is -0.170. The molecule has 0 aromatic heterocycles. The largest absolute Gasteiger partial charge is 0.392 e. The number of hydrogen-bond donors (Lipinski definition) is 0. The Labute approximate surface area is 216 Å². The van der Waals surface area contributed by atoms with Crippen LogP contribution in [-0.4, -0.2) is 23.9 Å². The van der Waals surface area contributed by atoms with Crippen molar-refractivity contribution < 1.29 is 28.7 Å². The van der Waals surface area contributed by atoms with E-state index in [2.05, 4.69) is 26.0 Å². The number of benzene rings is 4. The molecular formula is C32H20O6. The van der Waals surface area contributed by atoms with Crippen molar-refractivity contribution in [3.05, 3.63) is 93.0 Å². The molecule has 38 heavy (non-hydrogen) atoms. The van der Waals surface area contributed by atoms with E-state index in [9.17, 15) is 19.2 Å². The van der Waals surface area contributed by atoms with Crippen LogP contribution in [0.4, 0.5) is 0 Å². The molecular weight excluding hydrogens is 480 g/mol. The van der Waals surface area contributed by atoms with E-state index in [1.807, 2.05) is 31.2 Å². The van der Waals surface area contributed by atoms with Crippen molar-refractivity contribution in [2.45, 2.75) is 49.4 Å². The first-order valence-electron chi connectivity index (χ1n) is 12.9. The van der Waals surface area contributed by atoms with Gasteiger partial charge in [0.2, 0.25) is 0 Å². The molecule has 1 saturated heterocycles. The topological polar surface area (TPSA) is 86.7 Å². The number of esters is 4. The van der Waals surface area contributed by atoms with Crippen molar-refractivity contribution in [1.82, 2.24) is 0 Å². The number of carbonyl (C=O) groups is 4. The number of ether oxygens (including phenoxy) is 2. The molecule has 184 valence electrons. The first kappa shape index (κ1) is 20.7. The Balaban J connectivity index is 1.44. The van der Waals surface area contributed by atoms with Crippen LogP contribution in [0.3, 0.4) is 0 Å². The quantitative estimate of drug-likeness (QED) is 0.248. The summed E-state index contributed by atoms with van der Waals surface area (Å²) in [5.74, 6) is -2.67. The van der Waals surface area contributed by atoms with Crippen molar-refractivity contribution in [3.8, 4) is 0 Å². The van der Waals surface area contributed by atoms with Gasteiger partial charge in [0.15, 0.2) is 0 Å².